The van der Waals surface area contributed by atoms with Gasteiger partial charge in [0.05, 0.1) is 4.92 Å². The lowest BCUT2D eigenvalue weighted by Gasteiger charge is -2.26. The average Bonchev–Trinajstić information content (AvgIpc) is 2.46. The molecule has 1 aliphatic heterocycles. The van der Waals surface area contributed by atoms with Crippen molar-refractivity contribution in [3.05, 3.63) is 39.4 Å². The molecule has 1 N–H and O–H groups in total. The van der Waals surface area contributed by atoms with Gasteiger partial charge in [-0.3, -0.25) is 10.1 Å². The van der Waals surface area contributed by atoms with Crippen LogP contribution in [0.3, 0.4) is 0 Å². The third kappa shape index (κ3) is 4.19. The first-order chi connectivity index (χ1) is 9.68. The smallest absolute Gasteiger partial charge is 0.272 e. The highest BCUT2D eigenvalue weighted by atomic mass is 32.2. The van der Waals surface area contributed by atoms with E-state index in [9.17, 15) is 10.1 Å². The van der Waals surface area contributed by atoms with Gasteiger partial charge in [-0.15, -0.1) is 0 Å². The molecule has 1 saturated heterocycles. The van der Waals surface area contributed by atoms with Gasteiger partial charge in [0.1, 0.15) is 0 Å². The molecule has 0 aromatic heterocycles. The first-order valence-corrected chi connectivity index (χ1v) is 8.07. The van der Waals surface area contributed by atoms with Crippen LogP contribution in [-0.4, -0.2) is 47.5 Å². The number of hydrogen-bond acceptors (Lipinski definition) is 5. The Bertz CT molecular complexity index is 462. The molecular weight excluding hydrogens is 274 g/mol. The molecule has 1 aromatic carbocycles. The Morgan fingerprint density at radius 1 is 1.40 bits per heavy atom. The van der Waals surface area contributed by atoms with Crippen LogP contribution in [0.15, 0.2) is 18.2 Å². The van der Waals surface area contributed by atoms with E-state index in [-0.39, 0.29) is 10.6 Å². The zero-order valence-electron chi connectivity index (χ0n) is 11.8. The number of rotatable bonds is 6. The van der Waals surface area contributed by atoms with Gasteiger partial charge in [-0.05, 0) is 12.5 Å². The van der Waals surface area contributed by atoms with Gasteiger partial charge in [0.15, 0.2) is 0 Å². The largest absolute Gasteiger partial charge is 0.311 e. The third-order valence-electron chi connectivity index (χ3n) is 3.64. The van der Waals surface area contributed by atoms with E-state index >= 15 is 0 Å². The minimum atomic E-state index is -0.315. The fourth-order valence-electron chi connectivity index (χ4n) is 2.34. The lowest BCUT2D eigenvalue weighted by atomic mass is 10.1. The Morgan fingerprint density at radius 3 is 2.85 bits per heavy atom. The van der Waals surface area contributed by atoms with Crippen LogP contribution < -0.4 is 5.32 Å². The molecule has 0 spiro atoms. The summed E-state index contributed by atoms with van der Waals surface area (Å²) in [7, 11) is 0. The van der Waals surface area contributed by atoms with Crippen LogP contribution in [0.2, 0.25) is 0 Å². The fraction of sp³-hybridized carbons (Fsp3) is 0.571. The second kappa shape index (κ2) is 7.61. The number of nitro groups is 1. The van der Waals surface area contributed by atoms with Crippen molar-refractivity contribution < 1.29 is 4.92 Å². The summed E-state index contributed by atoms with van der Waals surface area (Å²) in [6, 6.07) is 5.26. The molecule has 1 fully saturated rings. The average molecular weight is 295 g/mol. The van der Waals surface area contributed by atoms with E-state index in [1.165, 1.54) is 24.6 Å². The number of nitrogens with zero attached hydrogens (tertiary/aromatic N) is 2. The summed E-state index contributed by atoms with van der Waals surface area (Å²) < 4.78 is 0. The van der Waals surface area contributed by atoms with Gasteiger partial charge < -0.3 is 10.2 Å². The van der Waals surface area contributed by atoms with Crippen molar-refractivity contribution in [3.8, 4) is 0 Å². The van der Waals surface area contributed by atoms with Crippen molar-refractivity contribution in [3.63, 3.8) is 0 Å². The van der Waals surface area contributed by atoms with Gasteiger partial charge in [-0.25, -0.2) is 0 Å². The lowest BCUT2D eigenvalue weighted by Crippen LogP contribution is -2.37. The Hall–Kier alpha value is -1.11. The van der Waals surface area contributed by atoms with E-state index in [1.54, 1.807) is 12.1 Å². The van der Waals surface area contributed by atoms with Crippen molar-refractivity contribution in [1.82, 2.24) is 10.2 Å². The predicted molar refractivity (Wildman–Crippen MR) is 83.3 cm³/mol. The second-order valence-electron chi connectivity index (χ2n) is 4.95. The van der Waals surface area contributed by atoms with Gasteiger partial charge in [0.2, 0.25) is 0 Å². The summed E-state index contributed by atoms with van der Waals surface area (Å²) in [5.74, 6) is 2.45. The minimum Gasteiger partial charge on any atom is -0.311 e. The van der Waals surface area contributed by atoms with Gasteiger partial charge in [-0.2, -0.15) is 11.8 Å². The summed E-state index contributed by atoms with van der Waals surface area (Å²) in [6.45, 7) is 6.82. The number of thioether (sulfide) groups is 1. The molecule has 20 heavy (non-hydrogen) atoms. The van der Waals surface area contributed by atoms with E-state index in [0.717, 1.165) is 24.2 Å². The molecule has 0 atom stereocenters. The van der Waals surface area contributed by atoms with Crippen LogP contribution >= 0.6 is 11.8 Å². The van der Waals surface area contributed by atoms with Crippen LogP contribution in [0.25, 0.3) is 0 Å². The first-order valence-electron chi connectivity index (χ1n) is 6.92. The van der Waals surface area contributed by atoms with E-state index in [4.69, 9.17) is 0 Å². The molecule has 5 nitrogen and oxygen atoms in total. The molecule has 0 saturated carbocycles. The van der Waals surface area contributed by atoms with Gasteiger partial charge in [0, 0.05) is 55.9 Å². The molecule has 1 heterocycles. The highest BCUT2D eigenvalue weighted by Crippen LogP contribution is 2.20. The summed E-state index contributed by atoms with van der Waals surface area (Å²) in [5, 5.41) is 14.3. The van der Waals surface area contributed by atoms with Gasteiger partial charge in [-0.1, -0.05) is 12.1 Å². The minimum absolute atomic E-state index is 0.206. The second-order valence-corrected chi connectivity index (χ2v) is 6.17. The van der Waals surface area contributed by atoms with Crippen LogP contribution in [0.5, 0.6) is 0 Å². The fourth-order valence-corrected chi connectivity index (χ4v) is 3.32. The summed E-state index contributed by atoms with van der Waals surface area (Å²) >= 11 is 2.02. The topological polar surface area (TPSA) is 58.4 Å². The summed E-state index contributed by atoms with van der Waals surface area (Å²) in [4.78, 5) is 13.0. The monoisotopic (exact) mass is 295 g/mol. The summed E-state index contributed by atoms with van der Waals surface area (Å²) in [5.41, 5.74) is 1.98. The van der Waals surface area contributed by atoms with Crippen LogP contribution in [0.1, 0.15) is 11.1 Å². The summed E-state index contributed by atoms with van der Waals surface area (Å²) in [6.07, 6.45) is 0. The Morgan fingerprint density at radius 2 is 2.15 bits per heavy atom. The van der Waals surface area contributed by atoms with Gasteiger partial charge >= 0.3 is 0 Å². The van der Waals surface area contributed by atoms with E-state index in [0.29, 0.717) is 6.54 Å². The maximum Gasteiger partial charge on any atom is 0.272 e. The van der Waals surface area contributed by atoms with E-state index in [1.807, 2.05) is 24.8 Å². The molecule has 0 bridgehead atoms. The number of hydrogen-bond donors (Lipinski definition) is 1. The SMILES string of the molecule is Cc1c(CNCCN2CCSCC2)cccc1[N+](=O)[O-]. The predicted octanol–water partition coefficient (Wildman–Crippen LogP) is 2.04. The quantitative estimate of drug-likeness (QED) is 0.494. The van der Waals surface area contributed by atoms with Crippen LogP contribution in [0, 0.1) is 17.0 Å². The third-order valence-corrected chi connectivity index (χ3v) is 4.58. The Labute approximate surface area is 123 Å². The maximum atomic E-state index is 10.9. The van der Waals surface area contributed by atoms with Gasteiger partial charge in [0.25, 0.3) is 5.69 Å². The highest BCUT2D eigenvalue weighted by Gasteiger charge is 2.13. The van der Waals surface area contributed by atoms with Crippen molar-refractivity contribution in [1.29, 1.82) is 0 Å². The normalized spacial score (nSPS) is 16.2. The number of nitrogens with one attached hydrogen (secondary N) is 1. The maximum absolute atomic E-state index is 10.9. The number of nitro benzene ring substituents is 1. The molecule has 0 amide bonds. The highest BCUT2D eigenvalue weighted by molar-refractivity contribution is 7.99. The molecule has 1 aromatic rings. The Balaban J connectivity index is 1.79. The molecule has 6 heteroatoms. The van der Waals surface area contributed by atoms with Crippen LogP contribution in [0.4, 0.5) is 5.69 Å². The van der Waals surface area contributed by atoms with E-state index in [2.05, 4.69) is 10.2 Å². The molecule has 1 aliphatic rings. The molecule has 0 aliphatic carbocycles. The molecule has 0 radical (unpaired) electrons. The molecule has 0 unspecified atom stereocenters. The standard InChI is InChI=1S/C14H21N3O2S/c1-12-13(3-2-4-14(12)17(18)19)11-15-5-6-16-7-9-20-10-8-16/h2-4,15H,5-11H2,1H3. The van der Waals surface area contributed by atoms with Crippen LogP contribution in [-0.2, 0) is 6.54 Å². The molecule has 2 rings (SSSR count). The van der Waals surface area contributed by atoms with Crippen molar-refractivity contribution >= 4 is 17.4 Å². The van der Waals surface area contributed by atoms with E-state index < -0.39 is 0 Å². The molecular formula is C14H21N3O2S. The lowest BCUT2D eigenvalue weighted by molar-refractivity contribution is -0.385. The zero-order valence-corrected chi connectivity index (χ0v) is 12.6. The van der Waals surface area contributed by atoms with Crippen molar-refractivity contribution in [2.45, 2.75) is 13.5 Å². The van der Waals surface area contributed by atoms with Crippen molar-refractivity contribution in [2.75, 3.05) is 37.7 Å². The molecule has 110 valence electrons. The first kappa shape index (κ1) is 15.3. The zero-order chi connectivity index (χ0) is 14.4. The number of benzene rings is 1. The van der Waals surface area contributed by atoms with Crippen molar-refractivity contribution in [2.24, 2.45) is 0 Å². The Kier molecular flexibility index (Phi) is 5.82.